The van der Waals surface area contributed by atoms with Crippen molar-refractivity contribution in [3.05, 3.63) is 70.3 Å². The van der Waals surface area contributed by atoms with Crippen LogP contribution in [-0.2, 0) is 13.5 Å². The van der Waals surface area contributed by atoms with E-state index in [2.05, 4.69) is 17.2 Å². The molecule has 1 heterocycles. The summed E-state index contributed by atoms with van der Waals surface area (Å²) in [7, 11) is 1.65. The van der Waals surface area contributed by atoms with Gasteiger partial charge < -0.3 is 9.88 Å². The number of hydrogen-bond acceptors (Lipinski definition) is 3. The van der Waals surface area contributed by atoms with Crippen molar-refractivity contribution in [1.82, 2.24) is 9.55 Å². The first-order valence-electron chi connectivity index (χ1n) is 7.44. The molecule has 0 atom stereocenters. The summed E-state index contributed by atoms with van der Waals surface area (Å²) in [5.41, 5.74) is 2.81. The number of fused-ring (bicyclic) bond motifs is 1. The predicted molar refractivity (Wildman–Crippen MR) is 90.8 cm³/mol. The topological polar surface area (TPSA) is 64.0 Å². The number of nitrogens with one attached hydrogen (secondary N) is 1. The number of amides is 1. The average molecular weight is 307 g/mol. The zero-order chi connectivity index (χ0) is 16.4. The Labute approximate surface area is 133 Å². The summed E-state index contributed by atoms with van der Waals surface area (Å²) in [6.45, 7) is 2.08. The highest BCUT2D eigenvalue weighted by atomic mass is 16.1. The highest BCUT2D eigenvalue weighted by Crippen LogP contribution is 2.14. The first kappa shape index (κ1) is 15.0. The molecular formula is C18H17N3O2. The van der Waals surface area contributed by atoms with Gasteiger partial charge in [0.1, 0.15) is 0 Å². The monoisotopic (exact) mass is 307 g/mol. The summed E-state index contributed by atoms with van der Waals surface area (Å²) in [5, 5.41) is 3.35. The van der Waals surface area contributed by atoms with Crippen molar-refractivity contribution in [2.45, 2.75) is 13.3 Å². The van der Waals surface area contributed by atoms with Crippen LogP contribution in [0.2, 0.25) is 0 Å². The maximum Gasteiger partial charge on any atom is 0.260 e. The second-order valence-electron chi connectivity index (χ2n) is 5.40. The van der Waals surface area contributed by atoms with Gasteiger partial charge in [-0.2, -0.15) is 0 Å². The van der Waals surface area contributed by atoms with E-state index in [9.17, 15) is 9.59 Å². The number of carbonyl (C=O) groups excluding carboxylic acids is 1. The molecule has 0 radical (unpaired) electrons. The highest BCUT2D eigenvalue weighted by molar-refractivity contribution is 6.06. The Morgan fingerprint density at radius 3 is 2.61 bits per heavy atom. The third kappa shape index (κ3) is 2.99. The Morgan fingerprint density at radius 1 is 1.17 bits per heavy atom. The van der Waals surface area contributed by atoms with Gasteiger partial charge in [-0.25, -0.2) is 4.98 Å². The molecule has 1 amide bonds. The summed E-state index contributed by atoms with van der Waals surface area (Å²) in [6, 6.07) is 12.6. The van der Waals surface area contributed by atoms with Crippen molar-refractivity contribution < 1.29 is 4.79 Å². The predicted octanol–water partition coefficient (Wildman–Crippen LogP) is 2.75. The minimum atomic E-state index is -0.223. The van der Waals surface area contributed by atoms with Crippen molar-refractivity contribution >= 4 is 22.5 Å². The Morgan fingerprint density at radius 2 is 1.91 bits per heavy atom. The molecular weight excluding hydrogens is 290 g/mol. The van der Waals surface area contributed by atoms with Gasteiger partial charge in [0.2, 0.25) is 0 Å². The van der Waals surface area contributed by atoms with Crippen LogP contribution in [0, 0.1) is 0 Å². The van der Waals surface area contributed by atoms with Gasteiger partial charge in [0, 0.05) is 18.3 Å². The number of nitrogens with zero attached hydrogens (tertiary/aromatic N) is 2. The lowest BCUT2D eigenvalue weighted by atomic mass is 10.1. The second-order valence-corrected chi connectivity index (χ2v) is 5.40. The molecule has 0 fully saturated rings. The van der Waals surface area contributed by atoms with E-state index < -0.39 is 0 Å². The van der Waals surface area contributed by atoms with Gasteiger partial charge in [-0.3, -0.25) is 9.59 Å². The second kappa shape index (κ2) is 6.04. The van der Waals surface area contributed by atoms with Gasteiger partial charge in [0.25, 0.3) is 11.5 Å². The molecule has 0 saturated carbocycles. The van der Waals surface area contributed by atoms with Crippen LogP contribution in [0.1, 0.15) is 22.8 Å². The number of hydrogen-bond donors (Lipinski definition) is 1. The molecule has 116 valence electrons. The molecule has 0 bridgehead atoms. The molecule has 0 aliphatic rings. The zero-order valence-corrected chi connectivity index (χ0v) is 13.0. The van der Waals surface area contributed by atoms with Crippen LogP contribution in [0.25, 0.3) is 10.9 Å². The normalized spacial score (nSPS) is 10.7. The molecule has 5 nitrogen and oxygen atoms in total. The van der Waals surface area contributed by atoms with Crippen LogP contribution in [0.15, 0.2) is 53.6 Å². The van der Waals surface area contributed by atoms with E-state index in [1.807, 2.05) is 24.3 Å². The van der Waals surface area contributed by atoms with E-state index in [0.717, 1.165) is 12.1 Å². The molecule has 3 rings (SSSR count). The Kier molecular flexibility index (Phi) is 3.93. The number of anilines is 1. The third-order valence-electron chi connectivity index (χ3n) is 3.80. The molecule has 1 N–H and O–H groups in total. The summed E-state index contributed by atoms with van der Waals surface area (Å²) >= 11 is 0. The standard InChI is InChI=1S/C18H17N3O2/c1-3-12-4-7-14(8-5-12)20-17(22)13-6-9-15-16(10-13)19-11-21(2)18(15)23/h4-11H,3H2,1-2H3,(H,20,22). The van der Waals surface area contributed by atoms with Crippen molar-refractivity contribution in [2.24, 2.45) is 7.05 Å². The fourth-order valence-electron chi connectivity index (χ4n) is 2.38. The number of aromatic nitrogens is 2. The lowest BCUT2D eigenvalue weighted by Crippen LogP contribution is -2.18. The fourth-order valence-corrected chi connectivity index (χ4v) is 2.38. The van der Waals surface area contributed by atoms with Gasteiger partial charge in [-0.1, -0.05) is 19.1 Å². The van der Waals surface area contributed by atoms with E-state index >= 15 is 0 Å². The number of rotatable bonds is 3. The fraction of sp³-hybridized carbons (Fsp3) is 0.167. The Hall–Kier alpha value is -2.95. The lowest BCUT2D eigenvalue weighted by Gasteiger charge is -2.07. The number of aryl methyl sites for hydroxylation is 2. The minimum absolute atomic E-state index is 0.128. The molecule has 0 aliphatic heterocycles. The first-order chi connectivity index (χ1) is 11.1. The zero-order valence-electron chi connectivity index (χ0n) is 13.0. The van der Waals surface area contributed by atoms with Gasteiger partial charge in [0.05, 0.1) is 17.2 Å². The number of carbonyl (C=O) groups is 1. The molecule has 0 aliphatic carbocycles. The maximum absolute atomic E-state index is 12.3. The Balaban J connectivity index is 1.88. The molecule has 0 saturated heterocycles. The quantitative estimate of drug-likeness (QED) is 0.809. The van der Waals surface area contributed by atoms with Crippen molar-refractivity contribution in [3.63, 3.8) is 0 Å². The largest absolute Gasteiger partial charge is 0.322 e. The van der Waals surface area contributed by atoms with Crippen LogP contribution in [0.4, 0.5) is 5.69 Å². The molecule has 1 aromatic heterocycles. The molecule has 23 heavy (non-hydrogen) atoms. The van der Waals surface area contributed by atoms with E-state index in [-0.39, 0.29) is 11.5 Å². The van der Waals surface area contributed by atoms with Gasteiger partial charge in [0.15, 0.2) is 0 Å². The van der Waals surface area contributed by atoms with Gasteiger partial charge >= 0.3 is 0 Å². The van der Waals surface area contributed by atoms with E-state index in [0.29, 0.717) is 16.5 Å². The molecule has 5 heteroatoms. The summed E-state index contributed by atoms with van der Waals surface area (Å²) < 4.78 is 1.41. The average Bonchev–Trinajstić information content (AvgIpc) is 2.58. The molecule has 0 unspecified atom stereocenters. The van der Waals surface area contributed by atoms with E-state index in [1.165, 1.54) is 16.5 Å². The van der Waals surface area contributed by atoms with Crippen LogP contribution in [0.3, 0.4) is 0 Å². The van der Waals surface area contributed by atoms with Gasteiger partial charge in [-0.15, -0.1) is 0 Å². The summed E-state index contributed by atoms with van der Waals surface area (Å²) in [6.07, 6.45) is 2.41. The van der Waals surface area contributed by atoms with Crippen LogP contribution in [-0.4, -0.2) is 15.5 Å². The lowest BCUT2D eigenvalue weighted by molar-refractivity contribution is 0.102. The minimum Gasteiger partial charge on any atom is -0.322 e. The SMILES string of the molecule is CCc1ccc(NC(=O)c2ccc3c(=O)n(C)cnc3c2)cc1. The molecule has 3 aromatic rings. The third-order valence-corrected chi connectivity index (χ3v) is 3.80. The smallest absolute Gasteiger partial charge is 0.260 e. The molecule has 0 spiro atoms. The Bertz CT molecular complexity index is 927. The van der Waals surface area contributed by atoms with Crippen molar-refractivity contribution in [3.8, 4) is 0 Å². The van der Waals surface area contributed by atoms with Crippen LogP contribution < -0.4 is 10.9 Å². The van der Waals surface area contributed by atoms with Crippen LogP contribution in [0.5, 0.6) is 0 Å². The highest BCUT2D eigenvalue weighted by Gasteiger charge is 2.09. The van der Waals surface area contributed by atoms with Gasteiger partial charge in [-0.05, 0) is 42.3 Å². The number of benzene rings is 2. The van der Waals surface area contributed by atoms with E-state index in [1.54, 1.807) is 25.2 Å². The van der Waals surface area contributed by atoms with E-state index in [4.69, 9.17) is 0 Å². The molecule has 2 aromatic carbocycles. The summed E-state index contributed by atoms with van der Waals surface area (Å²) in [5.74, 6) is -0.223. The first-order valence-corrected chi connectivity index (χ1v) is 7.44. The van der Waals surface area contributed by atoms with Crippen LogP contribution >= 0.6 is 0 Å². The van der Waals surface area contributed by atoms with Crippen molar-refractivity contribution in [1.29, 1.82) is 0 Å². The summed E-state index contributed by atoms with van der Waals surface area (Å²) in [4.78, 5) is 28.5. The van der Waals surface area contributed by atoms with Crippen molar-refractivity contribution in [2.75, 3.05) is 5.32 Å². The maximum atomic E-state index is 12.3.